The molecule has 21 heavy (non-hydrogen) atoms. The minimum atomic E-state index is 0.0408. The van der Waals surface area contributed by atoms with Crippen molar-refractivity contribution in [1.82, 2.24) is 0 Å². The van der Waals surface area contributed by atoms with Gasteiger partial charge in [-0.15, -0.1) is 0 Å². The monoisotopic (exact) mass is 292 g/mol. The first-order valence-corrected chi connectivity index (χ1v) is 8.00. The van der Waals surface area contributed by atoms with E-state index in [2.05, 4.69) is 53.7 Å². The van der Waals surface area contributed by atoms with Crippen LogP contribution in [0.4, 0.5) is 0 Å². The van der Waals surface area contributed by atoms with E-state index in [-0.39, 0.29) is 17.4 Å². The van der Waals surface area contributed by atoms with Crippen LogP contribution in [-0.4, -0.2) is 18.8 Å². The highest BCUT2D eigenvalue weighted by Crippen LogP contribution is 2.42. The summed E-state index contributed by atoms with van der Waals surface area (Å²) in [5, 5.41) is 9.11. The summed E-state index contributed by atoms with van der Waals surface area (Å²) >= 11 is 0. The van der Waals surface area contributed by atoms with E-state index in [9.17, 15) is 0 Å². The second-order valence-electron chi connectivity index (χ2n) is 7.54. The summed E-state index contributed by atoms with van der Waals surface area (Å²) in [6.45, 7) is 13.7. The van der Waals surface area contributed by atoms with E-state index in [1.807, 2.05) is 0 Å². The smallest absolute Gasteiger partial charge is 0.126 e. The van der Waals surface area contributed by atoms with Crippen molar-refractivity contribution < 1.29 is 9.84 Å². The molecule has 2 nitrogen and oxygen atoms in total. The second-order valence-corrected chi connectivity index (χ2v) is 7.54. The lowest BCUT2D eigenvalue weighted by molar-refractivity contribution is 0.288. The molecule has 0 atom stereocenters. The van der Waals surface area contributed by atoms with Crippen molar-refractivity contribution in [2.45, 2.75) is 71.6 Å². The van der Waals surface area contributed by atoms with Gasteiger partial charge in [-0.3, -0.25) is 0 Å². The Morgan fingerprint density at radius 2 is 1.62 bits per heavy atom. The summed E-state index contributed by atoms with van der Waals surface area (Å²) in [6, 6.07) is 4.52. The average Bonchev–Trinajstić information content (AvgIpc) is 2.42. The van der Waals surface area contributed by atoms with Crippen LogP contribution in [0, 0.1) is 0 Å². The molecule has 0 amide bonds. The lowest BCUT2D eigenvalue weighted by atomic mass is 9.76. The number of hydrogen-bond acceptors (Lipinski definition) is 2. The fourth-order valence-corrected chi connectivity index (χ4v) is 2.59. The van der Waals surface area contributed by atoms with Gasteiger partial charge in [0.15, 0.2) is 0 Å². The van der Waals surface area contributed by atoms with Crippen molar-refractivity contribution in [3.63, 3.8) is 0 Å². The molecule has 2 heteroatoms. The Morgan fingerprint density at radius 3 is 2.05 bits per heavy atom. The molecule has 1 aromatic rings. The van der Waals surface area contributed by atoms with Crippen molar-refractivity contribution in [1.29, 1.82) is 0 Å². The molecule has 0 unspecified atom stereocenters. The highest BCUT2D eigenvalue weighted by Gasteiger charge is 2.28. The quantitative estimate of drug-likeness (QED) is 0.830. The Hall–Kier alpha value is -1.02. The largest absolute Gasteiger partial charge is 0.496 e. The number of hydrogen-bond donors (Lipinski definition) is 1. The third-order valence-electron chi connectivity index (χ3n) is 4.40. The van der Waals surface area contributed by atoms with Crippen molar-refractivity contribution in [3.05, 3.63) is 28.8 Å². The van der Waals surface area contributed by atoms with E-state index >= 15 is 0 Å². The van der Waals surface area contributed by atoms with Crippen LogP contribution in [0.5, 0.6) is 5.75 Å². The number of benzene rings is 1. The zero-order valence-electron chi connectivity index (χ0n) is 14.8. The molecule has 0 aliphatic carbocycles. The van der Waals surface area contributed by atoms with Crippen LogP contribution in [0.1, 0.15) is 71.1 Å². The Morgan fingerprint density at radius 1 is 1.05 bits per heavy atom. The predicted octanol–water partition coefficient (Wildman–Crippen LogP) is 4.61. The number of methoxy groups -OCH3 is 1. The first-order chi connectivity index (χ1) is 9.67. The maximum Gasteiger partial charge on any atom is 0.126 e. The third-order valence-corrected chi connectivity index (χ3v) is 4.40. The maximum atomic E-state index is 9.11. The summed E-state index contributed by atoms with van der Waals surface area (Å²) < 4.78 is 5.80. The number of ether oxygens (including phenoxy) is 1. The van der Waals surface area contributed by atoms with Gasteiger partial charge in [-0.05, 0) is 35.7 Å². The molecule has 1 N–H and O–H groups in total. The van der Waals surface area contributed by atoms with Crippen LogP contribution < -0.4 is 4.74 Å². The van der Waals surface area contributed by atoms with Gasteiger partial charge < -0.3 is 9.84 Å². The minimum Gasteiger partial charge on any atom is -0.496 e. The Balaban J connectivity index is 3.52. The first kappa shape index (κ1) is 18.0. The fraction of sp³-hybridized carbons (Fsp3) is 0.684. The number of aliphatic hydroxyl groups is 1. The van der Waals surface area contributed by atoms with Gasteiger partial charge in [-0.25, -0.2) is 0 Å². The predicted molar refractivity (Wildman–Crippen MR) is 90.4 cm³/mol. The van der Waals surface area contributed by atoms with E-state index in [0.29, 0.717) is 0 Å². The first-order valence-electron chi connectivity index (χ1n) is 8.00. The molecule has 0 fully saturated rings. The van der Waals surface area contributed by atoms with Gasteiger partial charge in [0.25, 0.3) is 0 Å². The van der Waals surface area contributed by atoms with Gasteiger partial charge in [-0.2, -0.15) is 0 Å². The highest BCUT2D eigenvalue weighted by molar-refractivity contribution is 5.51. The standard InChI is InChI=1S/C19H32O2/c1-8-19(5,6)16-13-14(10-9-11-20)12-15(17(16)21-7)18(2,3)4/h12-13,20H,8-11H2,1-7H3. The van der Waals surface area contributed by atoms with Gasteiger partial charge in [-0.1, -0.05) is 53.7 Å². The fourth-order valence-electron chi connectivity index (χ4n) is 2.59. The topological polar surface area (TPSA) is 29.5 Å². The van der Waals surface area contributed by atoms with Crippen molar-refractivity contribution in [3.8, 4) is 5.75 Å². The van der Waals surface area contributed by atoms with Crippen LogP contribution in [0.25, 0.3) is 0 Å². The molecule has 0 aliphatic heterocycles. The molecule has 120 valence electrons. The normalized spacial score (nSPS) is 12.6. The molecule has 0 saturated heterocycles. The van der Waals surface area contributed by atoms with Crippen LogP contribution in [0.2, 0.25) is 0 Å². The zero-order valence-corrected chi connectivity index (χ0v) is 14.8. The van der Waals surface area contributed by atoms with Gasteiger partial charge >= 0.3 is 0 Å². The van der Waals surface area contributed by atoms with E-state index in [4.69, 9.17) is 9.84 Å². The molecular weight excluding hydrogens is 260 g/mol. The molecule has 0 saturated carbocycles. The summed E-state index contributed by atoms with van der Waals surface area (Å²) in [5.74, 6) is 1.03. The number of aliphatic hydroxyl groups excluding tert-OH is 1. The van der Waals surface area contributed by atoms with E-state index in [0.717, 1.165) is 25.0 Å². The molecular formula is C19H32O2. The highest BCUT2D eigenvalue weighted by atomic mass is 16.5. The van der Waals surface area contributed by atoms with Crippen molar-refractivity contribution >= 4 is 0 Å². The Kier molecular flexibility index (Phi) is 5.86. The molecule has 0 spiro atoms. The third kappa shape index (κ3) is 4.23. The molecule has 0 aliphatic rings. The summed E-state index contributed by atoms with van der Waals surface area (Å²) in [5.41, 5.74) is 3.97. The van der Waals surface area contributed by atoms with Gasteiger partial charge in [0.2, 0.25) is 0 Å². The van der Waals surface area contributed by atoms with E-state index < -0.39 is 0 Å². The van der Waals surface area contributed by atoms with E-state index in [1.165, 1.54) is 16.7 Å². The second kappa shape index (κ2) is 6.83. The van der Waals surface area contributed by atoms with Crippen LogP contribution >= 0.6 is 0 Å². The molecule has 0 aromatic heterocycles. The van der Waals surface area contributed by atoms with Gasteiger partial charge in [0.1, 0.15) is 5.75 Å². The lowest BCUT2D eigenvalue weighted by Gasteiger charge is -2.31. The summed E-state index contributed by atoms with van der Waals surface area (Å²) in [6.07, 6.45) is 2.79. The van der Waals surface area contributed by atoms with Gasteiger partial charge in [0, 0.05) is 17.7 Å². The molecule has 1 rings (SSSR count). The van der Waals surface area contributed by atoms with E-state index in [1.54, 1.807) is 7.11 Å². The zero-order chi connectivity index (χ0) is 16.3. The maximum absolute atomic E-state index is 9.11. The minimum absolute atomic E-state index is 0.0408. The molecule has 0 heterocycles. The Labute approximate surface area is 130 Å². The van der Waals surface area contributed by atoms with Crippen molar-refractivity contribution in [2.24, 2.45) is 0 Å². The molecule has 0 bridgehead atoms. The molecule has 1 aromatic carbocycles. The SMILES string of the molecule is CCC(C)(C)c1cc(CCCO)cc(C(C)(C)C)c1OC. The lowest BCUT2D eigenvalue weighted by Crippen LogP contribution is -2.21. The summed E-state index contributed by atoms with van der Waals surface area (Å²) in [7, 11) is 1.77. The van der Waals surface area contributed by atoms with Crippen LogP contribution in [-0.2, 0) is 17.3 Å². The van der Waals surface area contributed by atoms with Gasteiger partial charge in [0.05, 0.1) is 7.11 Å². The average molecular weight is 292 g/mol. The van der Waals surface area contributed by atoms with Crippen molar-refractivity contribution in [2.75, 3.05) is 13.7 Å². The number of aryl methyl sites for hydroxylation is 1. The Bertz CT molecular complexity index is 467. The number of rotatable bonds is 6. The summed E-state index contributed by atoms with van der Waals surface area (Å²) in [4.78, 5) is 0. The molecule has 0 radical (unpaired) electrons. The van der Waals surface area contributed by atoms with Crippen LogP contribution in [0.3, 0.4) is 0 Å². The van der Waals surface area contributed by atoms with Crippen LogP contribution in [0.15, 0.2) is 12.1 Å².